The summed E-state index contributed by atoms with van der Waals surface area (Å²) in [5.74, 6) is -0.0590. The summed E-state index contributed by atoms with van der Waals surface area (Å²) in [5.41, 5.74) is 5.14. The molecule has 0 amide bonds. The fourth-order valence-electron chi connectivity index (χ4n) is 3.31. The summed E-state index contributed by atoms with van der Waals surface area (Å²) in [4.78, 5) is 20.4. The Morgan fingerprint density at radius 3 is 2.52 bits per heavy atom. The average molecular weight is 386 g/mol. The van der Waals surface area contributed by atoms with Gasteiger partial charge in [-0.3, -0.25) is 9.78 Å². The Labute approximate surface area is 167 Å². The Kier molecular flexibility index (Phi) is 4.99. The third-order valence-corrected chi connectivity index (χ3v) is 4.91. The van der Waals surface area contributed by atoms with Crippen LogP contribution in [0.4, 0.5) is 4.39 Å². The summed E-state index contributed by atoms with van der Waals surface area (Å²) in [6.07, 6.45) is 4.15. The molecule has 0 N–H and O–H groups in total. The lowest BCUT2D eigenvalue weighted by atomic mass is 9.95. The van der Waals surface area contributed by atoms with Crippen LogP contribution in [0.3, 0.4) is 0 Å². The number of ketones is 1. The molecule has 0 spiro atoms. The lowest BCUT2D eigenvalue weighted by Crippen LogP contribution is -2.06. The molecule has 6 heteroatoms. The van der Waals surface area contributed by atoms with Gasteiger partial charge in [-0.2, -0.15) is 5.10 Å². The maximum absolute atomic E-state index is 13.8. The van der Waals surface area contributed by atoms with E-state index >= 15 is 0 Å². The fourth-order valence-corrected chi connectivity index (χ4v) is 3.31. The molecule has 0 aliphatic carbocycles. The number of aromatic nitrogens is 4. The molecule has 0 atom stereocenters. The zero-order valence-electron chi connectivity index (χ0n) is 16.1. The molecule has 2 heterocycles. The third kappa shape index (κ3) is 3.82. The van der Waals surface area contributed by atoms with Crippen molar-refractivity contribution >= 4 is 5.78 Å². The van der Waals surface area contributed by atoms with Crippen LogP contribution in [0.2, 0.25) is 0 Å². The molecule has 0 radical (unpaired) electrons. The monoisotopic (exact) mass is 386 g/mol. The van der Waals surface area contributed by atoms with Crippen molar-refractivity contribution < 1.29 is 9.18 Å². The number of benzene rings is 2. The van der Waals surface area contributed by atoms with Crippen LogP contribution >= 0.6 is 0 Å². The Morgan fingerprint density at radius 2 is 1.83 bits per heavy atom. The molecule has 2 aromatic carbocycles. The van der Waals surface area contributed by atoms with Crippen molar-refractivity contribution in [2.75, 3.05) is 0 Å². The summed E-state index contributed by atoms with van der Waals surface area (Å²) >= 11 is 0. The largest absolute Gasteiger partial charge is 0.294 e. The first kappa shape index (κ1) is 18.7. The lowest BCUT2D eigenvalue weighted by molar-refractivity contribution is 0.0989. The van der Waals surface area contributed by atoms with Crippen LogP contribution in [-0.2, 0) is 13.5 Å². The van der Waals surface area contributed by atoms with Crippen molar-refractivity contribution in [3.63, 3.8) is 0 Å². The maximum atomic E-state index is 13.8. The number of hydrogen-bond acceptors (Lipinski definition) is 4. The van der Waals surface area contributed by atoms with Gasteiger partial charge in [-0.05, 0) is 41.3 Å². The lowest BCUT2D eigenvalue weighted by Gasteiger charge is -2.10. The van der Waals surface area contributed by atoms with E-state index in [0.29, 0.717) is 0 Å². The minimum absolute atomic E-state index is 0.0660. The number of halogens is 1. The zero-order valence-corrected chi connectivity index (χ0v) is 16.1. The van der Waals surface area contributed by atoms with Gasteiger partial charge in [0.25, 0.3) is 0 Å². The highest BCUT2D eigenvalue weighted by Gasteiger charge is 2.13. The summed E-state index contributed by atoms with van der Waals surface area (Å²) in [7, 11) is 1.86. The number of carbonyl (C=O) groups is 1. The van der Waals surface area contributed by atoms with Gasteiger partial charge < -0.3 is 0 Å². The van der Waals surface area contributed by atoms with E-state index in [-0.39, 0.29) is 17.8 Å². The van der Waals surface area contributed by atoms with Gasteiger partial charge in [-0.1, -0.05) is 36.4 Å². The van der Waals surface area contributed by atoms with Gasteiger partial charge in [-0.15, -0.1) is 0 Å². The minimum atomic E-state index is -0.592. The Hall–Kier alpha value is -3.67. The molecule has 2 aromatic heterocycles. The molecular weight excluding hydrogens is 367 g/mol. The van der Waals surface area contributed by atoms with Gasteiger partial charge in [0.05, 0.1) is 11.8 Å². The first-order chi connectivity index (χ1) is 14.0. The molecular formula is C23H19FN4O. The highest BCUT2D eigenvalue weighted by Crippen LogP contribution is 2.28. The van der Waals surface area contributed by atoms with E-state index < -0.39 is 5.82 Å². The van der Waals surface area contributed by atoms with Gasteiger partial charge in [-0.25, -0.2) is 14.1 Å². The summed E-state index contributed by atoms with van der Waals surface area (Å²) in [6, 6.07) is 15.4. The van der Waals surface area contributed by atoms with Crippen molar-refractivity contribution in [2.24, 2.45) is 7.05 Å². The van der Waals surface area contributed by atoms with Crippen LogP contribution in [-0.4, -0.2) is 25.5 Å². The number of rotatable bonds is 5. The van der Waals surface area contributed by atoms with Gasteiger partial charge in [0.15, 0.2) is 17.4 Å². The van der Waals surface area contributed by atoms with E-state index in [1.165, 1.54) is 18.6 Å². The molecule has 0 saturated heterocycles. The third-order valence-electron chi connectivity index (χ3n) is 4.91. The summed E-state index contributed by atoms with van der Waals surface area (Å²) in [5, 5.41) is 4.13. The molecule has 0 aliphatic heterocycles. The van der Waals surface area contributed by atoms with Gasteiger partial charge >= 0.3 is 0 Å². The van der Waals surface area contributed by atoms with Crippen molar-refractivity contribution in [2.45, 2.75) is 13.3 Å². The van der Waals surface area contributed by atoms with Gasteiger partial charge in [0.2, 0.25) is 0 Å². The summed E-state index contributed by atoms with van der Waals surface area (Å²) < 4.78 is 15.5. The molecule has 0 aliphatic rings. The topological polar surface area (TPSA) is 60.7 Å². The normalized spacial score (nSPS) is 10.9. The van der Waals surface area contributed by atoms with Crippen LogP contribution in [0.15, 0.2) is 67.3 Å². The zero-order chi connectivity index (χ0) is 20.4. The number of pyridine rings is 1. The highest BCUT2D eigenvalue weighted by molar-refractivity contribution is 5.97. The number of aryl methyl sites for hydroxylation is 2. The smallest absolute Gasteiger partial charge is 0.170 e. The molecule has 29 heavy (non-hydrogen) atoms. The Morgan fingerprint density at radius 1 is 1.07 bits per heavy atom. The molecule has 4 rings (SSSR count). The first-order valence-corrected chi connectivity index (χ1v) is 9.20. The van der Waals surface area contributed by atoms with Crippen molar-refractivity contribution in [1.29, 1.82) is 0 Å². The molecule has 0 fully saturated rings. The minimum Gasteiger partial charge on any atom is -0.294 e. The van der Waals surface area contributed by atoms with Crippen LogP contribution < -0.4 is 0 Å². The molecule has 5 nitrogen and oxygen atoms in total. The number of carbonyl (C=O) groups excluding carboxylic acids is 1. The second-order valence-corrected chi connectivity index (χ2v) is 6.89. The second kappa shape index (κ2) is 7.75. The van der Waals surface area contributed by atoms with E-state index in [4.69, 9.17) is 0 Å². The van der Waals surface area contributed by atoms with Gasteiger partial charge in [0.1, 0.15) is 6.33 Å². The van der Waals surface area contributed by atoms with E-state index in [2.05, 4.69) is 34.1 Å². The molecule has 144 valence electrons. The van der Waals surface area contributed by atoms with Crippen LogP contribution in [0.5, 0.6) is 0 Å². The van der Waals surface area contributed by atoms with Gasteiger partial charge in [0, 0.05) is 25.2 Å². The highest BCUT2D eigenvalue weighted by atomic mass is 19.1. The van der Waals surface area contributed by atoms with Crippen molar-refractivity contribution in [3.8, 4) is 22.5 Å². The van der Waals surface area contributed by atoms with Crippen molar-refractivity contribution in [1.82, 2.24) is 19.7 Å². The quantitative estimate of drug-likeness (QED) is 0.477. The molecule has 0 unspecified atom stereocenters. The Bertz CT molecular complexity index is 1180. The molecule has 4 aromatic rings. The van der Waals surface area contributed by atoms with Crippen LogP contribution in [0, 0.1) is 12.7 Å². The van der Waals surface area contributed by atoms with E-state index in [0.717, 1.165) is 39.8 Å². The van der Waals surface area contributed by atoms with Crippen molar-refractivity contribution in [3.05, 3.63) is 89.8 Å². The van der Waals surface area contributed by atoms with Crippen LogP contribution in [0.1, 0.15) is 21.5 Å². The van der Waals surface area contributed by atoms with E-state index in [1.54, 1.807) is 4.68 Å². The van der Waals surface area contributed by atoms with E-state index in [9.17, 15) is 9.18 Å². The molecule has 0 bridgehead atoms. The fraction of sp³-hybridized carbons (Fsp3) is 0.130. The predicted molar refractivity (Wildman–Crippen MR) is 109 cm³/mol. The van der Waals surface area contributed by atoms with Crippen LogP contribution in [0.25, 0.3) is 22.5 Å². The second-order valence-electron chi connectivity index (χ2n) is 6.89. The average Bonchev–Trinajstić information content (AvgIpc) is 3.15. The number of hydrogen-bond donors (Lipinski definition) is 0. The Balaban J connectivity index is 1.59. The summed E-state index contributed by atoms with van der Waals surface area (Å²) in [6.45, 7) is 2.05. The molecule has 0 saturated carbocycles. The number of Topliss-reactive ketones (excluding diaryl/α,β-unsaturated/α-hetero) is 1. The predicted octanol–water partition coefficient (Wildman–Crippen LogP) is 4.42. The number of nitrogens with zero attached hydrogens (tertiary/aromatic N) is 4. The SMILES string of the molecule is Cc1ccc(-c2ncnn2C)cc1-c1ccc(CC(=O)c2ccncc2F)cc1. The van der Waals surface area contributed by atoms with E-state index in [1.807, 2.05) is 37.4 Å². The first-order valence-electron chi connectivity index (χ1n) is 9.20. The maximum Gasteiger partial charge on any atom is 0.170 e. The standard InChI is InChI=1S/C23H19FN4O/c1-15-3-6-18(23-26-14-27-28(23)2)12-20(15)17-7-4-16(5-8-17)11-22(29)19-9-10-25-13-21(19)24/h3-10,12-14H,11H2,1-2H3.